The Hall–Kier alpha value is -0.0400. The number of nitrogens with zero attached hydrogens (tertiary/aromatic N) is 1. The van der Waals surface area contributed by atoms with E-state index in [1.165, 1.54) is 19.5 Å². The summed E-state index contributed by atoms with van der Waals surface area (Å²) >= 11 is 0. The molecule has 0 saturated carbocycles. The van der Waals surface area contributed by atoms with Crippen LogP contribution < -0.4 is 0 Å². The minimum absolute atomic E-state index is 0.394. The fourth-order valence-electron chi connectivity index (χ4n) is 1.54. The molecule has 1 aliphatic rings. The van der Waals surface area contributed by atoms with Gasteiger partial charge in [-0.2, -0.15) is 0 Å². The van der Waals surface area contributed by atoms with Crippen LogP contribution in [0.4, 0.5) is 0 Å². The van der Waals surface area contributed by atoms with Crippen LogP contribution in [-0.4, -0.2) is 23.5 Å². The lowest BCUT2D eigenvalue weighted by atomic mass is 10.1. The lowest BCUT2D eigenvalue weighted by Crippen LogP contribution is -2.39. The zero-order valence-electron chi connectivity index (χ0n) is 11.6. The summed E-state index contributed by atoms with van der Waals surface area (Å²) < 4.78 is 0. The molecule has 1 nitrogen and oxygen atoms in total. The van der Waals surface area contributed by atoms with Crippen molar-refractivity contribution in [2.24, 2.45) is 5.92 Å². The van der Waals surface area contributed by atoms with Crippen molar-refractivity contribution in [2.75, 3.05) is 13.1 Å². The maximum atomic E-state index is 2.57. The molecule has 0 bridgehead atoms. The SMILES string of the molecule is CC.CC.CC1CCN(C(C)(C)C)C1. The van der Waals surface area contributed by atoms with Crippen LogP contribution in [0, 0.1) is 5.92 Å². The van der Waals surface area contributed by atoms with E-state index in [0.717, 1.165) is 5.92 Å². The third-order valence-electron chi connectivity index (χ3n) is 2.37. The molecule has 0 aliphatic carbocycles. The minimum Gasteiger partial charge on any atom is -0.298 e. The van der Waals surface area contributed by atoms with Gasteiger partial charge in [-0.15, -0.1) is 0 Å². The van der Waals surface area contributed by atoms with Gasteiger partial charge in [0.2, 0.25) is 0 Å². The molecule has 1 atom stereocenters. The average molecular weight is 201 g/mol. The summed E-state index contributed by atoms with van der Waals surface area (Å²) in [5.74, 6) is 0.916. The standard InChI is InChI=1S/C9H19N.2C2H6/c1-8-5-6-10(7-8)9(2,3)4;2*1-2/h8H,5-7H2,1-4H3;2*1-2H3. The Labute approximate surface area is 91.9 Å². The fourth-order valence-corrected chi connectivity index (χ4v) is 1.54. The van der Waals surface area contributed by atoms with Gasteiger partial charge in [0.25, 0.3) is 0 Å². The van der Waals surface area contributed by atoms with Crippen LogP contribution in [0.25, 0.3) is 0 Å². The second-order valence-corrected chi connectivity index (χ2v) is 4.51. The Morgan fingerprint density at radius 1 is 1.00 bits per heavy atom. The number of hydrogen-bond acceptors (Lipinski definition) is 1. The molecule has 1 heteroatoms. The summed E-state index contributed by atoms with van der Waals surface area (Å²) in [5, 5.41) is 0. The molecule has 0 aromatic carbocycles. The van der Waals surface area contributed by atoms with Crippen molar-refractivity contribution in [3.63, 3.8) is 0 Å². The van der Waals surface area contributed by atoms with Crippen molar-refractivity contribution in [1.82, 2.24) is 4.90 Å². The lowest BCUT2D eigenvalue weighted by molar-refractivity contribution is 0.169. The highest BCUT2D eigenvalue weighted by molar-refractivity contribution is 4.82. The first-order valence-corrected chi connectivity index (χ1v) is 6.25. The van der Waals surface area contributed by atoms with E-state index in [9.17, 15) is 0 Å². The van der Waals surface area contributed by atoms with E-state index in [0.29, 0.717) is 5.54 Å². The van der Waals surface area contributed by atoms with Crippen molar-refractivity contribution in [3.05, 3.63) is 0 Å². The summed E-state index contributed by atoms with van der Waals surface area (Å²) in [6.07, 6.45) is 1.39. The van der Waals surface area contributed by atoms with Crippen molar-refractivity contribution >= 4 is 0 Å². The highest BCUT2D eigenvalue weighted by atomic mass is 15.2. The third kappa shape index (κ3) is 6.42. The molecule has 14 heavy (non-hydrogen) atoms. The normalized spacial score (nSPS) is 21.9. The van der Waals surface area contributed by atoms with Crippen molar-refractivity contribution in [1.29, 1.82) is 0 Å². The quantitative estimate of drug-likeness (QED) is 0.568. The predicted molar refractivity (Wildman–Crippen MR) is 67.8 cm³/mol. The largest absolute Gasteiger partial charge is 0.298 e. The summed E-state index contributed by atoms with van der Waals surface area (Å²) in [5.41, 5.74) is 0.394. The zero-order valence-corrected chi connectivity index (χ0v) is 11.6. The predicted octanol–water partition coefficient (Wildman–Crippen LogP) is 4.18. The van der Waals surface area contributed by atoms with Crippen molar-refractivity contribution in [2.45, 2.75) is 67.3 Å². The molecule has 0 radical (unpaired) electrons. The van der Waals surface area contributed by atoms with Gasteiger partial charge in [-0.25, -0.2) is 0 Å². The number of rotatable bonds is 0. The van der Waals surface area contributed by atoms with Gasteiger partial charge in [0, 0.05) is 12.1 Å². The first kappa shape index (κ1) is 16.4. The van der Waals surface area contributed by atoms with Gasteiger partial charge in [0.15, 0.2) is 0 Å². The third-order valence-corrected chi connectivity index (χ3v) is 2.37. The van der Waals surface area contributed by atoms with Crippen LogP contribution in [0.15, 0.2) is 0 Å². The average Bonchev–Trinajstić information content (AvgIpc) is 2.58. The summed E-state index contributed by atoms with van der Waals surface area (Å²) in [4.78, 5) is 2.57. The molecule has 1 heterocycles. The van der Waals surface area contributed by atoms with Crippen LogP contribution in [0.3, 0.4) is 0 Å². The maximum absolute atomic E-state index is 2.57. The van der Waals surface area contributed by atoms with Gasteiger partial charge in [-0.05, 0) is 39.7 Å². The topological polar surface area (TPSA) is 3.24 Å². The maximum Gasteiger partial charge on any atom is 0.0125 e. The van der Waals surface area contributed by atoms with Crippen LogP contribution in [0.1, 0.15) is 61.8 Å². The number of likely N-dealkylation sites (tertiary alicyclic amines) is 1. The van der Waals surface area contributed by atoms with E-state index in [2.05, 4.69) is 32.6 Å². The summed E-state index contributed by atoms with van der Waals surface area (Å²) in [7, 11) is 0. The van der Waals surface area contributed by atoms with Crippen LogP contribution in [0.2, 0.25) is 0 Å². The van der Waals surface area contributed by atoms with E-state index in [4.69, 9.17) is 0 Å². The molecule has 1 unspecified atom stereocenters. The van der Waals surface area contributed by atoms with Crippen LogP contribution >= 0.6 is 0 Å². The van der Waals surface area contributed by atoms with E-state index in [1.54, 1.807) is 0 Å². The van der Waals surface area contributed by atoms with Crippen LogP contribution in [0.5, 0.6) is 0 Å². The fraction of sp³-hybridized carbons (Fsp3) is 1.00. The molecule has 1 fully saturated rings. The highest BCUT2D eigenvalue weighted by Gasteiger charge is 2.27. The Balaban J connectivity index is 0. The van der Waals surface area contributed by atoms with Crippen molar-refractivity contribution < 1.29 is 0 Å². The molecule has 0 amide bonds. The van der Waals surface area contributed by atoms with E-state index < -0.39 is 0 Å². The van der Waals surface area contributed by atoms with Gasteiger partial charge >= 0.3 is 0 Å². The molecule has 0 aromatic rings. The van der Waals surface area contributed by atoms with Crippen molar-refractivity contribution in [3.8, 4) is 0 Å². The smallest absolute Gasteiger partial charge is 0.0125 e. The summed E-state index contributed by atoms with van der Waals surface area (Å²) in [6.45, 7) is 19.8. The minimum atomic E-state index is 0.394. The molecule has 0 aromatic heterocycles. The Kier molecular flexibility index (Phi) is 9.70. The monoisotopic (exact) mass is 201 g/mol. The van der Waals surface area contributed by atoms with Gasteiger partial charge in [0.05, 0.1) is 0 Å². The van der Waals surface area contributed by atoms with Gasteiger partial charge in [0.1, 0.15) is 0 Å². The molecule has 0 N–H and O–H groups in total. The van der Waals surface area contributed by atoms with E-state index >= 15 is 0 Å². The Bertz CT molecular complexity index is 113. The second-order valence-electron chi connectivity index (χ2n) is 4.51. The van der Waals surface area contributed by atoms with Crippen LogP contribution in [-0.2, 0) is 0 Å². The first-order valence-electron chi connectivity index (χ1n) is 6.25. The molecule has 1 saturated heterocycles. The first-order chi connectivity index (χ1) is 6.50. The molecular weight excluding hydrogens is 170 g/mol. The second kappa shape index (κ2) is 8.28. The van der Waals surface area contributed by atoms with Gasteiger partial charge < -0.3 is 0 Å². The molecular formula is C13H31N. The van der Waals surface area contributed by atoms with E-state index in [1.807, 2.05) is 27.7 Å². The molecule has 1 rings (SSSR count). The Morgan fingerprint density at radius 2 is 1.43 bits per heavy atom. The molecule has 0 spiro atoms. The number of hydrogen-bond donors (Lipinski definition) is 0. The van der Waals surface area contributed by atoms with Gasteiger partial charge in [-0.1, -0.05) is 34.6 Å². The lowest BCUT2D eigenvalue weighted by Gasteiger charge is -2.31. The molecule has 88 valence electrons. The van der Waals surface area contributed by atoms with Gasteiger partial charge in [-0.3, -0.25) is 4.90 Å². The summed E-state index contributed by atoms with van der Waals surface area (Å²) in [6, 6.07) is 0. The zero-order chi connectivity index (χ0) is 11.8. The van der Waals surface area contributed by atoms with E-state index in [-0.39, 0.29) is 0 Å². The highest BCUT2D eigenvalue weighted by Crippen LogP contribution is 2.23. The molecule has 1 aliphatic heterocycles. The Morgan fingerprint density at radius 3 is 1.57 bits per heavy atom.